The Hall–Kier alpha value is -3.02. The molecule has 6 heteroatoms. The van der Waals surface area contributed by atoms with Crippen molar-refractivity contribution < 1.29 is 9.53 Å². The normalized spacial score (nSPS) is 16.7. The van der Waals surface area contributed by atoms with Gasteiger partial charge in [-0.05, 0) is 49.4 Å². The molecular weight excluding hydrogens is 340 g/mol. The van der Waals surface area contributed by atoms with E-state index in [1.54, 1.807) is 6.20 Å². The largest absolute Gasteiger partial charge is 0.465 e. The predicted octanol–water partition coefficient (Wildman–Crippen LogP) is 3.19. The van der Waals surface area contributed by atoms with Crippen LogP contribution in [0.2, 0.25) is 0 Å². The molecule has 1 saturated heterocycles. The van der Waals surface area contributed by atoms with Crippen molar-refractivity contribution in [3.63, 3.8) is 0 Å². The minimum atomic E-state index is -0.274. The highest BCUT2D eigenvalue weighted by atomic mass is 16.5. The number of pyridine rings is 1. The topological polar surface area (TPSA) is 68.2 Å². The zero-order valence-corrected chi connectivity index (χ0v) is 15.6. The van der Waals surface area contributed by atoms with Crippen LogP contribution in [-0.2, 0) is 11.2 Å². The molecule has 138 valence electrons. The molecule has 27 heavy (non-hydrogen) atoms. The van der Waals surface area contributed by atoms with E-state index in [1.807, 2.05) is 43.3 Å². The summed E-state index contributed by atoms with van der Waals surface area (Å²) in [4.78, 5) is 27.8. The van der Waals surface area contributed by atoms with Crippen LogP contribution in [0.3, 0.4) is 0 Å². The fourth-order valence-electron chi connectivity index (χ4n) is 3.80. The number of esters is 1. The lowest BCUT2D eigenvalue weighted by atomic mass is 9.95. The number of benzene rings is 1. The van der Waals surface area contributed by atoms with Crippen molar-refractivity contribution >= 4 is 22.8 Å². The summed E-state index contributed by atoms with van der Waals surface area (Å²) < 4.78 is 4.92. The highest BCUT2D eigenvalue weighted by molar-refractivity contribution is 5.91. The van der Waals surface area contributed by atoms with Crippen LogP contribution in [0.4, 0.5) is 5.82 Å². The van der Waals surface area contributed by atoms with Crippen molar-refractivity contribution in [2.24, 2.45) is 5.92 Å². The van der Waals surface area contributed by atoms with Crippen LogP contribution in [-0.4, -0.2) is 41.1 Å². The van der Waals surface area contributed by atoms with E-state index in [0.29, 0.717) is 11.5 Å². The van der Waals surface area contributed by atoms with Crippen molar-refractivity contribution in [1.82, 2.24) is 15.0 Å². The lowest BCUT2D eigenvalue weighted by molar-refractivity contribution is 0.0599. The second kappa shape index (κ2) is 7.31. The summed E-state index contributed by atoms with van der Waals surface area (Å²) >= 11 is 0. The van der Waals surface area contributed by atoms with E-state index < -0.39 is 0 Å². The number of methoxy groups -OCH3 is 1. The first-order valence-electron chi connectivity index (χ1n) is 9.16. The lowest BCUT2D eigenvalue weighted by Gasteiger charge is -2.20. The Morgan fingerprint density at radius 1 is 1.22 bits per heavy atom. The van der Waals surface area contributed by atoms with Gasteiger partial charge in [-0.2, -0.15) is 0 Å². The summed E-state index contributed by atoms with van der Waals surface area (Å²) in [5, 5.41) is 0.985. The Balaban J connectivity index is 1.56. The molecule has 0 radical (unpaired) electrons. The van der Waals surface area contributed by atoms with Crippen molar-refractivity contribution in [2.45, 2.75) is 19.8 Å². The van der Waals surface area contributed by atoms with E-state index in [9.17, 15) is 4.79 Å². The van der Waals surface area contributed by atoms with Gasteiger partial charge in [-0.25, -0.2) is 19.7 Å². The predicted molar refractivity (Wildman–Crippen MR) is 104 cm³/mol. The molecule has 1 atom stereocenters. The maximum Gasteiger partial charge on any atom is 0.338 e. The fraction of sp³-hybridized carbons (Fsp3) is 0.333. The van der Waals surface area contributed by atoms with Gasteiger partial charge in [0.25, 0.3) is 0 Å². The minimum Gasteiger partial charge on any atom is -0.465 e. The molecule has 6 nitrogen and oxygen atoms in total. The maximum absolute atomic E-state index is 12.0. The summed E-state index contributed by atoms with van der Waals surface area (Å²) in [6.07, 6.45) is 3.66. The number of carbonyl (C=O) groups is 1. The Morgan fingerprint density at radius 2 is 2.07 bits per heavy atom. The molecule has 3 aromatic rings. The number of aryl methyl sites for hydroxylation is 1. The molecule has 3 heterocycles. The first kappa shape index (κ1) is 17.4. The van der Waals surface area contributed by atoms with Crippen LogP contribution in [0.15, 0.2) is 42.6 Å². The first-order chi connectivity index (χ1) is 13.2. The average Bonchev–Trinajstić information content (AvgIpc) is 3.15. The van der Waals surface area contributed by atoms with Crippen LogP contribution in [0.5, 0.6) is 0 Å². The standard InChI is InChI=1S/C21H22N4O2/c1-14-23-19-18(8-5-10-22-19)20(24-14)25-11-9-15(13-25)12-16-6-3-4-7-17(16)21(26)27-2/h3-8,10,15H,9,11-13H2,1-2H3. The SMILES string of the molecule is COC(=O)c1ccccc1CC1CCN(c2nc(C)nc3ncccc23)C1. The fourth-order valence-corrected chi connectivity index (χ4v) is 3.80. The van der Waals surface area contributed by atoms with Gasteiger partial charge in [0.05, 0.1) is 18.1 Å². The van der Waals surface area contributed by atoms with Crippen LogP contribution >= 0.6 is 0 Å². The number of nitrogens with zero attached hydrogens (tertiary/aromatic N) is 4. The Morgan fingerprint density at radius 3 is 2.93 bits per heavy atom. The molecule has 1 unspecified atom stereocenters. The van der Waals surface area contributed by atoms with E-state index in [4.69, 9.17) is 4.74 Å². The van der Waals surface area contributed by atoms with E-state index >= 15 is 0 Å². The zero-order chi connectivity index (χ0) is 18.8. The summed E-state index contributed by atoms with van der Waals surface area (Å²) in [6.45, 7) is 3.74. The van der Waals surface area contributed by atoms with Crippen LogP contribution in [0.1, 0.15) is 28.2 Å². The van der Waals surface area contributed by atoms with Gasteiger partial charge in [-0.15, -0.1) is 0 Å². The highest BCUT2D eigenvalue weighted by Crippen LogP contribution is 2.30. The third-order valence-electron chi connectivity index (χ3n) is 5.08. The molecule has 1 aliphatic rings. The average molecular weight is 362 g/mol. The van der Waals surface area contributed by atoms with Crippen molar-refractivity contribution in [2.75, 3.05) is 25.1 Å². The monoisotopic (exact) mass is 362 g/mol. The smallest absolute Gasteiger partial charge is 0.338 e. The molecule has 1 aliphatic heterocycles. The zero-order valence-electron chi connectivity index (χ0n) is 15.6. The van der Waals surface area contributed by atoms with E-state index in [0.717, 1.165) is 54.2 Å². The third kappa shape index (κ3) is 3.47. The number of fused-ring (bicyclic) bond motifs is 1. The van der Waals surface area contributed by atoms with E-state index in [-0.39, 0.29) is 5.97 Å². The Kier molecular flexibility index (Phi) is 4.71. The molecule has 0 saturated carbocycles. The van der Waals surface area contributed by atoms with E-state index in [1.165, 1.54) is 7.11 Å². The van der Waals surface area contributed by atoms with Gasteiger partial charge < -0.3 is 9.64 Å². The lowest BCUT2D eigenvalue weighted by Crippen LogP contribution is -2.22. The molecule has 4 rings (SSSR count). The van der Waals surface area contributed by atoms with Crippen molar-refractivity contribution in [3.05, 3.63) is 59.5 Å². The minimum absolute atomic E-state index is 0.274. The Labute approximate surface area is 158 Å². The molecule has 1 aromatic carbocycles. The number of hydrogen-bond donors (Lipinski definition) is 0. The van der Waals surface area contributed by atoms with Crippen LogP contribution in [0, 0.1) is 12.8 Å². The number of anilines is 1. The molecule has 0 spiro atoms. The quantitative estimate of drug-likeness (QED) is 0.664. The van der Waals surface area contributed by atoms with Gasteiger partial charge in [-0.1, -0.05) is 18.2 Å². The number of aromatic nitrogens is 3. The van der Waals surface area contributed by atoms with Gasteiger partial charge in [-0.3, -0.25) is 0 Å². The third-order valence-corrected chi connectivity index (χ3v) is 5.08. The van der Waals surface area contributed by atoms with Crippen molar-refractivity contribution in [1.29, 1.82) is 0 Å². The summed E-state index contributed by atoms with van der Waals surface area (Å²) in [5.74, 6) is 1.87. The van der Waals surface area contributed by atoms with Crippen LogP contribution < -0.4 is 4.90 Å². The molecule has 2 aromatic heterocycles. The molecule has 1 fully saturated rings. The molecule has 0 N–H and O–H groups in total. The summed E-state index contributed by atoms with van der Waals surface area (Å²) in [6, 6.07) is 11.6. The van der Waals surface area contributed by atoms with Gasteiger partial charge in [0.1, 0.15) is 11.6 Å². The van der Waals surface area contributed by atoms with Gasteiger partial charge in [0.15, 0.2) is 5.65 Å². The van der Waals surface area contributed by atoms with E-state index in [2.05, 4.69) is 19.9 Å². The summed E-state index contributed by atoms with van der Waals surface area (Å²) in [7, 11) is 1.42. The highest BCUT2D eigenvalue weighted by Gasteiger charge is 2.26. The number of rotatable bonds is 4. The van der Waals surface area contributed by atoms with Gasteiger partial charge in [0.2, 0.25) is 0 Å². The molecule has 0 amide bonds. The number of ether oxygens (including phenoxy) is 1. The second-order valence-electron chi connectivity index (χ2n) is 6.92. The molecule has 0 aliphatic carbocycles. The Bertz CT molecular complexity index is 989. The number of carbonyl (C=O) groups excluding carboxylic acids is 1. The van der Waals surface area contributed by atoms with Crippen molar-refractivity contribution in [3.8, 4) is 0 Å². The second-order valence-corrected chi connectivity index (χ2v) is 6.92. The molecule has 0 bridgehead atoms. The van der Waals surface area contributed by atoms with Crippen LogP contribution in [0.25, 0.3) is 11.0 Å². The first-order valence-corrected chi connectivity index (χ1v) is 9.16. The number of hydrogen-bond acceptors (Lipinski definition) is 6. The van der Waals surface area contributed by atoms with Gasteiger partial charge in [0, 0.05) is 19.3 Å². The van der Waals surface area contributed by atoms with Gasteiger partial charge >= 0.3 is 5.97 Å². The maximum atomic E-state index is 12.0. The summed E-state index contributed by atoms with van der Waals surface area (Å²) in [5.41, 5.74) is 2.44. The molecular formula is C21H22N4O2.